The number of nitrogens with two attached hydrogens (primary N) is 1. The molecule has 108 valence electrons. The van der Waals surface area contributed by atoms with Gasteiger partial charge in [0.1, 0.15) is 0 Å². The number of nitrogens with zero attached hydrogens (tertiary/aromatic N) is 1. The molecule has 1 aromatic carbocycles. The summed E-state index contributed by atoms with van der Waals surface area (Å²) in [5, 5.41) is 7.72. The first kappa shape index (κ1) is 13.6. The molecule has 0 radical (unpaired) electrons. The molecule has 3 nitrogen and oxygen atoms in total. The van der Waals surface area contributed by atoms with Crippen molar-refractivity contribution >= 4 is 5.84 Å². The maximum atomic E-state index is 7.72. The Bertz CT molecular complexity index is 457. The van der Waals surface area contributed by atoms with E-state index in [2.05, 4.69) is 35.2 Å². The average molecular weight is 271 g/mol. The van der Waals surface area contributed by atoms with Gasteiger partial charge in [0.05, 0.1) is 5.84 Å². The second kappa shape index (κ2) is 5.96. The maximum absolute atomic E-state index is 7.72. The molecule has 3 unspecified atom stereocenters. The Morgan fingerprint density at radius 2 is 1.95 bits per heavy atom. The van der Waals surface area contributed by atoms with Crippen molar-refractivity contribution < 1.29 is 0 Å². The van der Waals surface area contributed by atoms with Crippen molar-refractivity contribution in [2.24, 2.45) is 11.7 Å². The van der Waals surface area contributed by atoms with Crippen LogP contribution in [0.4, 0.5) is 0 Å². The zero-order chi connectivity index (χ0) is 13.9. The smallest absolute Gasteiger partial charge is 0.0924 e. The molecule has 0 bridgehead atoms. The van der Waals surface area contributed by atoms with Crippen LogP contribution in [-0.2, 0) is 0 Å². The molecule has 20 heavy (non-hydrogen) atoms. The van der Waals surface area contributed by atoms with E-state index in [9.17, 15) is 0 Å². The average Bonchev–Trinajstić information content (AvgIpc) is 2.89. The third-order valence-electron chi connectivity index (χ3n) is 5.05. The van der Waals surface area contributed by atoms with Crippen LogP contribution in [0.1, 0.15) is 50.1 Å². The van der Waals surface area contributed by atoms with Crippen molar-refractivity contribution in [2.75, 3.05) is 6.54 Å². The van der Waals surface area contributed by atoms with Crippen LogP contribution >= 0.6 is 0 Å². The molecule has 1 aromatic rings. The van der Waals surface area contributed by atoms with Crippen LogP contribution in [0.5, 0.6) is 0 Å². The van der Waals surface area contributed by atoms with E-state index in [1.165, 1.54) is 44.2 Å². The van der Waals surface area contributed by atoms with E-state index < -0.39 is 0 Å². The van der Waals surface area contributed by atoms with Crippen molar-refractivity contribution in [3.63, 3.8) is 0 Å². The standard InChI is InChI=1S/C17H25N3/c18-17(19)12-16(13-6-2-1-3-7-13)20-11-10-14-8-4-5-9-15(14)20/h1-3,6-7,14-16H,4-5,8-12H2,(H3,18,19). The van der Waals surface area contributed by atoms with Crippen molar-refractivity contribution in [2.45, 2.75) is 50.6 Å². The summed E-state index contributed by atoms with van der Waals surface area (Å²) in [7, 11) is 0. The Kier molecular flexibility index (Phi) is 4.06. The highest BCUT2D eigenvalue weighted by Crippen LogP contribution is 2.41. The van der Waals surface area contributed by atoms with Gasteiger partial charge in [-0.1, -0.05) is 43.2 Å². The zero-order valence-electron chi connectivity index (χ0n) is 12.1. The van der Waals surface area contributed by atoms with Crippen LogP contribution in [0.2, 0.25) is 0 Å². The molecule has 3 heteroatoms. The SMILES string of the molecule is N=C(N)CC(c1ccccc1)N1CCC2CCCCC21. The maximum Gasteiger partial charge on any atom is 0.0924 e. The molecule has 1 heterocycles. The van der Waals surface area contributed by atoms with E-state index in [1.807, 2.05) is 0 Å². The molecule has 3 rings (SSSR count). The number of amidine groups is 1. The molecule has 1 saturated heterocycles. The number of rotatable bonds is 4. The number of likely N-dealkylation sites (tertiary alicyclic amines) is 1. The fourth-order valence-corrected chi connectivity index (χ4v) is 4.14. The third kappa shape index (κ3) is 2.73. The first-order chi connectivity index (χ1) is 9.75. The van der Waals surface area contributed by atoms with E-state index in [0.717, 1.165) is 5.92 Å². The van der Waals surface area contributed by atoms with Crippen LogP contribution < -0.4 is 5.73 Å². The van der Waals surface area contributed by atoms with Gasteiger partial charge in [0.2, 0.25) is 0 Å². The minimum absolute atomic E-state index is 0.293. The molecular weight excluding hydrogens is 246 g/mol. The van der Waals surface area contributed by atoms with E-state index in [4.69, 9.17) is 11.1 Å². The number of hydrogen-bond donors (Lipinski definition) is 2. The van der Waals surface area contributed by atoms with Crippen LogP contribution in [0.15, 0.2) is 30.3 Å². The summed E-state index contributed by atoms with van der Waals surface area (Å²) < 4.78 is 0. The first-order valence-electron chi connectivity index (χ1n) is 7.89. The summed E-state index contributed by atoms with van der Waals surface area (Å²) in [5.74, 6) is 1.18. The molecular formula is C17H25N3. The number of hydrogen-bond acceptors (Lipinski definition) is 2. The van der Waals surface area contributed by atoms with Crippen LogP contribution in [0.25, 0.3) is 0 Å². The molecule has 0 amide bonds. The second-order valence-electron chi connectivity index (χ2n) is 6.29. The van der Waals surface area contributed by atoms with Gasteiger partial charge < -0.3 is 5.73 Å². The van der Waals surface area contributed by atoms with Gasteiger partial charge in [-0.15, -0.1) is 0 Å². The van der Waals surface area contributed by atoms with Gasteiger partial charge in [-0.3, -0.25) is 10.3 Å². The van der Waals surface area contributed by atoms with Gasteiger partial charge in [-0.2, -0.15) is 0 Å². The summed E-state index contributed by atoms with van der Waals surface area (Å²) in [6.07, 6.45) is 7.46. The summed E-state index contributed by atoms with van der Waals surface area (Å²) in [4.78, 5) is 2.64. The fourth-order valence-electron chi connectivity index (χ4n) is 4.14. The predicted octanol–water partition coefficient (Wildman–Crippen LogP) is 3.32. The van der Waals surface area contributed by atoms with Crippen molar-refractivity contribution in [3.8, 4) is 0 Å². The lowest BCUT2D eigenvalue weighted by molar-refractivity contribution is 0.134. The summed E-state index contributed by atoms with van der Waals surface area (Å²) in [5.41, 5.74) is 7.04. The highest BCUT2D eigenvalue weighted by molar-refractivity contribution is 5.77. The van der Waals surface area contributed by atoms with Gasteiger partial charge in [0.15, 0.2) is 0 Å². The van der Waals surface area contributed by atoms with E-state index >= 15 is 0 Å². The summed E-state index contributed by atoms with van der Waals surface area (Å²) >= 11 is 0. The Hall–Kier alpha value is -1.35. The first-order valence-corrected chi connectivity index (χ1v) is 7.89. The van der Waals surface area contributed by atoms with Gasteiger partial charge in [0.25, 0.3) is 0 Å². The Balaban J connectivity index is 1.84. The lowest BCUT2D eigenvalue weighted by Crippen LogP contribution is -2.39. The Labute approximate surface area is 121 Å². The molecule has 2 fully saturated rings. The molecule has 2 aliphatic rings. The van der Waals surface area contributed by atoms with E-state index in [-0.39, 0.29) is 0 Å². The van der Waals surface area contributed by atoms with Gasteiger partial charge in [0, 0.05) is 18.5 Å². The molecule has 3 N–H and O–H groups in total. The van der Waals surface area contributed by atoms with Crippen LogP contribution in [0.3, 0.4) is 0 Å². The van der Waals surface area contributed by atoms with E-state index in [0.29, 0.717) is 24.3 Å². The molecule has 1 aliphatic carbocycles. The summed E-state index contributed by atoms with van der Waals surface area (Å²) in [6.45, 7) is 1.17. The Morgan fingerprint density at radius 1 is 1.20 bits per heavy atom. The predicted molar refractivity (Wildman–Crippen MR) is 82.8 cm³/mol. The number of benzene rings is 1. The minimum atomic E-state index is 0.293. The van der Waals surface area contributed by atoms with Crippen molar-refractivity contribution in [1.29, 1.82) is 5.41 Å². The number of fused-ring (bicyclic) bond motifs is 1. The quantitative estimate of drug-likeness (QED) is 0.652. The van der Waals surface area contributed by atoms with Crippen molar-refractivity contribution in [3.05, 3.63) is 35.9 Å². The van der Waals surface area contributed by atoms with Crippen LogP contribution in [0, 0.1) is 11.3 Å². The molecule has 1 saturated carbocycles. The minimum Gasteiger partial charge on any atom is -0.388 e. The Morgan fingerprint density at radius 3 is 2.70 bits per heavy atom. The van der Waals surface area contributed by atoms with Crippen LogP contribution in [-0.4, -0.2) is 23.3 Å². The summed E-state index contributed by atoms with van der Waals surface area (Å²) in [6, 6.07) is 11.6. The number of nitrogens with one attached hydrogen (secondary N) is 1. The fraction of sp³-hybridized carbons (Fsp3) is 0.588. The molecule has 3 atom stereocenters. The van der Waals surface area contributed by atoms with Crippen molar-refractivity contribution in [1.82, 2.24) is 4.90 Å². The zero-order valence-corrected chi connectivity index (χ0v) is 12.1. The molecule has 1 aliphatic heterocycles. The van der Waals surface area contributed by atoms with Gasteiger partial charge in [-0.05, 0) is 37.3 Å². The highest BCUT2D eigenvalue weighted by atomic mass is 15.2. The molecule has 0 aromatic heterocycles. The highest BCUT2D eigenvalue weighted by Gasteiger charge is 2.39. The lowest BCUT2D eigenvalue weighted by Gasteiger charge is -2.37. The molecule has 0 spiro atoms. The normalized spacial score (nSPS) is 28.0. The second-order valence-corrected chi connectivity index (χ2v) is 6.29. The monoisotopic (exact) mass is 271 g/mol. The lowest BCUT2D eigenvalue weighted by atomic mass is 9.84. The van der Waals surface area contributed by atoms with Gasteiger partial charge in [-0.25, -0.2) is 0 Å². The largest absolute Gasteiger partial charge is 0.388 e. The van der Waals surface area contributed by atoms with E-state index in [1.54, 1.807) is 0 Å². The third-order valence-corrected chi connectivity index (χ3v) is 5.05. The van der Waals surface area contributed by atoms with Gasteiger partial charge >= 0.3 is 0 Å². The topological polar surface area (TPSA) is 53.1 Å².